The Labute approximate surface area is 162 Å². The van der Waals surface area contributed by atoms with Gasteiger partial charge >= 0.3 is 0 Å². The lowest BCUT2D eigenvalue weighted by molar-refractivity contribution is -0.383. The van der Waals surface area contributed by atoms with Crippen molar-refractivity contribution in [2.45, 2.75) is 6.42 Å². The largest absolute Gasteiger partial charge is 0.379 e. The Morgan fingerprint density at radius 3 is 2.48 bits per heavy atom. The van der Waals surface area contributed by atoms with Gasteiger partial charge in [0.15, 0.2) is 0 Å². The topological polar surface area (TPSA) is 61.7 Å². The van der Waals surface area contributed by atoms with Gasteiger partial charge < -0.3 is 10.2 Å². The Morgan fingerprint density at radius 1 is 1.11 bits per heavy atom. The van der Waals surface area contributed by atoms with Crippen LogP contribution < -0.4 is 10.2 Å². The molecule has 2 aromatic rings. The van der Waals surface area contributed by atoms with E-state index in [9.17, 15) is 14.5 Å². The Kier molecular flexibility index (Phi) is 6.47. The van der Waals surface area contributed by atoms with Gasteiger partial charge in [-0.05, 0) is 49.4 Å². The molecule has 0 aromatic heterocycles. The molecule has 0 unspecified atom stereocenters. The molecule has 3 rings (SSSR count). The Hall–Kier alpha value is -2.38. The number of benzene rings is 2. The third-order valence-electron chi connectivity index (χ3n) is 4.69. The zero-order valence-corrected chi connectivity index (χ0v) is 15.7. The van der Waals surface area contributed by atoms with Crippen LogP contribution in [0.25, 0.3) is 0 Å². The van der Waals surface area contributed by atoms with E-state index in [-0.39, 0.29) is 11.5 Å². The minimum Gasteiger partial charge on any atom is -0.379 e. The van der Waals surface area contributed by atoms with E-state index in [1.54, 1.807) is 12.1 Å². The molecule has 0 spiro atoms. The van der Waals surface area contributed by atoms with Crippen molar-refractivity contribution >= 4 is 28.7 Å². The van der Waals surface area contributed by atoms with Crippen LogP contribution in [0.4, 0.5) is 21.5 Å². The van der Waals surface area contributed by atoms with E-state index in [0.717, 1.165) is 44.8 Å². The summed E-state index contributed by atoms with van der Waals surface area (Å²) in [7, 11) is 0. The van der Waals surface area contributed by atoms with Crippen molar-refractivity contribution in [2.75, 3.05) is 49.5 Å². The number of rotatable bonds is 7. The molecule has 0 aliphatic carbocycles. The number of halogens is 2. The molecule has 0 radical (unpaired) electrons. The Balaban J connectivity index is 1.41. The van der Waals surface area contributed by atoms with E-state index < -0.39 is 4.92 Å². The molecule has 1 fully saturated rings. The lowest BCUT2D eigenvalue weighted by atomic mass is 10.2. The molecule has 1 saturated heterocycles. The molecule has 0 bridgehead atoms. The molecular formula is C19H22ClFN4O2. The minimum absolute atomic E-state index is 0.00425. The molecule has 1 N–H and O–H groups in total. The SMILES string of the molecule is O=[N+]([O-])c1cc(Cl)ccc1NCCCN1CCN(c2ccc(F)cc2)CC1. The zero-order chi connectivity index (χ0) is 19.2. The van der Waals surface area contributed by atoms with Crippen LogP contribution in [-0.2, 0) is 0 Å². The van der Waals surface area contributed by atoms with E-state index in [1.165, 1.54) is 18.2 Å². The fraction of sp³-hybridized carbons (Fsp3) is 0.368. The van der Waals surface area contributed by atoms with Crippen LogP contribution in [0.2, 0.25) is 5.02 Å². The quantitative estimate of drug-likeness (QED) is 0.438. The van der Waals surface area contributed by atoms with Crippen LogP contribution in [0.5, 0.6) is 0 Å². The van der Waals surface area contributed by atoms with Gasteiger partial charge in [-0.1, -0.05) is 11.6 Å². The van der Waals surface area contributed by atoms with Crippen molar-refractivity contribution in [3.63, 3.8) is 0 Å². The van der Waals surface area contributed by atoms with E-state index in [2.05, 4.69) is 15.1 Å². The van der Waals surface area contributed by atoms with Crippen molar-refractivity contribution in [3.8, 4) is 0 Å². The zero-order valence-electron chi connectivity index (χ0n) is 14.9. The predicted molar refractivity (Wildman–Crippen MR) is 106 cm³/mol. The first-order valence-electron chi connectivity index (χ1n) is 8.93. The summed E-state index contributed by atoms with van der Waals surface area (Å²) < 4.78 is 13.0. The maximum absolute atomic E-state index is 13.0. The van der Waals surface area contributed by atoms with E-state index in [0.29, 0.717) is 17.3 Å². The maximum atomic E-state index is 13.0. The van der Waals surface area contributed by atoms with Gasteiger partial charge in [-0.25, -0.2) is 4.39 Å². The molecular weight excluding hydrogens is 371 g/mol. The summed E-state index contributed by atoms with van der Waals surface area (Å²) in [4.78, 5) is 15.3. The molecule has 1 aliphatic heterocycles. The summed E-state index contributed by atoms with van der Waals surface area (Å²) in [5, 5.41) is 14.6. The highest BCUT2D eigenvalue weighted by Crippen LogP contribution is 2.27. The molecule has 8 heteroatoms. The summed E-state index contributed by atoms with van der Waals surface area (Å²) in [6.45, 7) is 5.27. The predicted octanol–water partition coefficient (Wildman–Crippen LogP) is 4.01. The standard InChI is InChI=1S/C19H22ClFN4O2/c20-15-2-7-18(19(14-15)25(26)27)22-8-1-9-23-10-12-24(13-11-23)17-5-3-16(21)4-6-17/h2-7,14,22H,1,8-13H2. The first-order valence-corrected chi connectivity index (χ1v) is 9.31. The van der Waals surface area contributed by atoms with Gasteiger partial charge in [-0.2, -0.15) is 0 Å². The van der Waals surface area contributed by atoms with Gasteiger partial charge in [-0.15, -0.1) is 0 Å². The summed E-state index contributed by atoms with van der Waals surface area (Å²) in [5.41, 5.74) is 1.54. The second kappa shape index (κ2) is 9.01. The lowest BCUT2D eigenvalue weighted by Gasteiger charge is -2.36. The van der Waals surface area contributed by atoms with Crippen LogP contribution in [0.15, 0.2) is 42.5 Å². The summed E-state index contributed by atoms with van der Waals surface area (Å²) in [5.74, 6) is -0.217. The molecule has 1 aliphatic rings. The normalized spacial score (nSPS) is 15.0. The summed E-state index contributed by atoms with van der Waals surface area (Å²) in [6.07, 6.45) is 0.885. The molecule has 1 heterocycles. The maximum Gasteiger partial charge on any atom is 0.293 e. The number of nitrogens with one attached hydrogen (secondary N) is 1. The summed E-state index contributed by atoms with van der Waals surface area (Å²) >= 11 is 5.83. The van der Waals surface area contributed by atoms with Crippen molar-refractivity contribution in [1.29, 1.82) is 0 Å². The third kappa shape index (κ3) is 5.30. The lowest BCUT2D eigenvalue weighted by Crippen LogP contribution is -2.46. The number of anilines is 2. The summed E-state index contributed by atoms with van der Waals surface area (Å²) in [6, 6.07) is 11.3. The number of piperazine rings is 1. The minimum atomic E-state index is -0.428. The second-order valence-electron chi connectivity index (χ2n) is 6.50. The van der Waals surface area contributed by atoms with Gasteiger partial charge in [0, 0.05) is 49.5 Å². The number of hydrogen-bond donors (Lipinski definition) is 1. The Bertz CT molecular complexity index is 780. The van der Waals surface area contributed by atoms with E-state index in [4.69, 9.17) is 11.6 Å². The van der Waals surface area contributed by atoms with Gasteiger partial charge in [-0.3, -0.25) is 15.0 Å². The van der Waals surface area contributed by atoms with E-state index in [1.807, 2.05) is 12.1 Å². The fourth-order valence-corrected chi connectivity index (χ4v) is 3.38. The van der Waals surface area contributed by atoms with Crippen molar-refractivity contribution in [1.82, 2.24) is 4.90 Å². The molecule has 144 valence electrons. The van der Waals surface area contributed by atoms with Crippen molar-refractivity contribution < 1.29 is 9.31 Å². The molecule has 2 aromatic carbocycles. The van der Waals surface area contributed by atoms with Crippen LogP contribution in [0, 0.1) is 15.9 Å². The molecule has 0 saturated carbocycles. The molecule has 0 atom stereocenters. The average Bonchev–Trinajstić information content (AvgIpc) is 2.67. The van der Waals surface area contributed by atoms with Gasteiger partial charge in [0.25, 0.3) is 5.69 Å². The monoisotopic (exact) mass is 392 g/mol. The van der Waals surface area contributed by atoms with Crippen LogP contribution in [-0.4, -0.2) is 49.1 Å². The van der Waals surface area contributed by atoms with Crippen molar-refractivity contribution in [3.05, 3.63) is 63.4 Å². The third-order valence-corrected chi connectivity index (χ3v) is 4.92. The number of nitrogens with zero attached hydrogens (tertiary/aromatic N) is 3. The molecule has 0 amide bonds. The number of hydrogen-bond acceptors (Lipinski definition) is 5. The van der Waals surface area contributed by atoms with Gasteiger partial charge in [0.2, 0.25) is 0 Å². The molecule has 6 nitrogen and oxygen atoms in total. The van der Waals surface area contributed by atoms with E-state index >= 15 is 0 Å². The highest BCUT2D eigenvalue weighted by Gasteiger charge is 2.17. The van der Waals surface area contributed by atoms with Gasteiger partial charge in [0.05, 0.1) is 4.92 Å². The first kappa shape index (κ1) is 19.4. The fourth-order valence-electron chi connectivity index (χ4n) is 3.21. The van der Waals surface area contributed by atoms with Crippen LogP contribution in [0.3, 0.4) is 0 Å². The number of nitro benzene ring substituents is 1. The van der Waals surface area contributed by atoms with Crippen LogP contribution in [0.1, 0.15) is 6.42 Å². The first-order chi connectivity index (χ1) is 13.0. The highest BCUT2D eigenvalue weighted by molar-refractivity contribution is 6.30. The smallest absolute Gasteiger partial charge is 0.293 e. The average molecular weight is 393 g/mol. The van der Waals surface area contributed by atoms with Gasteiger partial charge in [0.1, 0.15) is 11.5 Å². The Morgan fingerprint density at radius 2 is 1.81 bits per heavy atom. The second-order valence-corrected chi connectivity index (χ2v) is 6.94. The highest BCUT2D eigenvalue weighted by atomic mass is 35.5. The van der Waals surface area contributed by atoms with Crippen molar-refractivity contribution in [2.24, 2.45) is 0 Å². The van der Waals surface area contributed by atoms with Crippen LogP contribution >= 0.6 is 11.6 Å². The molecule has 27 heavy (non-hydrogen) atoms. The number of nitro groups is 1.